The van der Waals surface area contributed by atoms with Gasteiger partial charge in [0.2, 0.25) is 5.91 Å². The number of nitrogens with zero attached hydrogens (tertiary/aromatic N) is 3. The standard InChI is InChI=1S/C17H21ClN4O3S/c1-2-21-11-16(19-12-21)26(24,25)22-8-4-5-13(10-22)17(23)20-15-7-3-6-14(18)9-15/h3,6-7,9,11-13H,2,4-5,8,10H2,1H3,(H,20,23)/t13-/m0/s1. The largest absolute Gasteiger partial charge is 0.336 e. The number of anilines is 1. The van der Waals surface area contributed by atoms with Crippen LogP contribution in [0.15, 0.2) is 41.8 Å². The molecule has 1 aliphatic rings. The van der Waals surface area contributed by atoms with Gasteiger partial charge in [-0.2, -0.15) is 4.31 Å². The Kier molecular flexibility index (Phi) is 5.64. The summed E-state index contributed by atoms with van der Waals surface area (Å²) in [6.07, 6.45) is 4.29. The maximum atomic E-state index is 12.8. The number of carbonyl (C=O) groups is 1. The molecule has 1 saturated heterocycles. The van der Waals surface area contributed by atoms with E-state index >= 15 is 0 Å². The lowest BCUT2D eigenvalue weighted by Crippen LogP contribution is -2.43. The number of halogens is 1. The van der Waals surface area contributed by atoms with E-state index in [1.807, 2.05) is 6.92 Å². The quantitative estimate of drug-likeness (QED) is 0.841. The summed E-state index contributed by atoms with van der Waals surface area (Å²) in [6.45, 7) is 3.10. The van der Waals surface area contributed by atoms with Crippen molar-refractivity contribution in [2.24, 2.45) is 5.92 Å². The van der Waals surface area contributed by atoms with Crippen molar-refractivity contribution in [1.82, 2.24) is 13.9 Å². The molecule has 0 unspecified atom stereocenters. The number of benzene rings is 1. The summed E-state index contributed by atoms with van der Waals surface area (Å²) in [6, 6.07) is 6.88. The zero-order chi connectivity index (χ0) is 18.7. The van der Waals surface area contributed by atoms with Crippen molar-refractivity contribution >= 4 is 33.2 Å². The van der Waals surface area contributed by atoms with Gasteiger partial charge in [-0.15, -0.1) is 0 Å². The topological polar surface area (TPSA) is 84.3 Å². The molecule has 1 aromatic carbocycles. The number of imidazole rings is 1. The predicted molar refractivity (Wildman–Crippen MR) is 99.5 cm³/mol. The predicted octanol–water partition coefficient (Wildman–Crippen LogP) is 2.60. The van der Waals surface area contributed by atoms with Crippen LogP contribution >= 0.6 is 11.6 Å². The van der Waals surface area contributed by atoms with E-state index < -0.39 is 15.9 Å². The monoisotopic (exact) mass is 396 g/mol. The molecule has 9 heteroatoms. The molecular weight excluding hydrogens is 376 g/mol. The third kappa shape index (κ3) is 4.08. The van der Waals surface area contributed by atoms with Gasteiger partial charge in [-0.3, -0.25) is 4.79 Å². The van der Waals surface area contributed by atoms with Crippen molar-refractivity contribution in [1.29, 1.82) is 0 Å². The van der Waals surface area contributed by atoms with Crippen molar-refractivity contribution < 1.29 is 13.2 Å². The van der Waals surface area contributed by atoms with Gasteiger partial charge in [0.25, 0.3) is 10.0 Å². The van der Waals surface area contributed by atoms with Crippen LogP contribution in [0.5, 0.6) is 0 Å². The van der Waals surface area contributed by atoms with Gasteiger partial charge in [-0.1, -0.05) is 17.7 Å². The summed E-state index contributed by atoms with van der Waals surface area (Å²) in [4.78, 5) is 16.5. The number of hydrogen-bond acceptors (Lipinski definition) is 4. The van der Waals surface area contributed by atoms with E-state index in [1.165, 1.54) is 16.8 Å². The van der Waals surface area contributed by atoms with Crippen LogP contribution in [0.4, 0.5) is 5.69 Å². The molecule has 0 spiro atoms. The number of hydrogen-bond donors (Lipinski definition) is 1. The molecule has 3 rings (SSSR count). The van der Waals surface area contributed by atoms with Gasteiger partial charge in [0, 0.05) is 36.5 Å². The fraction of sp³-hybridized carbons (Fsp3) is 0.412. The lowest BCUT2D eigenvalue weighted by molar-refractivity contribution is -0.120. The van der Waals surface area contributed by atoms with Gasteiger partial charge >= 0.3 is 0 Å². The zero-order valence-corrected chi connectivity index (χ0v) is 16.0. The van der Waals surface area contributed by atoms with Crippen LogP contribution in [-0.4, -0.2) is 41.3 Å². The van der Waals surface area contributed by atoms with E-state index in [0.717, 1.165) is 0 Å². The molecule has 1 amide bonds. The molecule has 1 N–H and O–H groups in total. The normalized spacial score (nSPS) is 18.6. The maximum absolute atomic E-state index is 12.8. The molecule has 0 aliphatic carbocycles. The number of nitrogens with one attached hydrogen (secondary N) is 1. The summed E-state index contributed by atoms with van der Waals surface area (Å²) in [5, 5.41) is 3.37. The molecule has 1 aliphatic heterocycles. The first-order valence-corrected chi connectivity index (χ1v) is 10.3. The Hall–Kier alpha value is -1.90. The SMILES string of the molecule is CCn1cnc(S(=O)(=O)N2CCC[C@H](C(=O)Nc3cccc(Cl)c3)C2)c1. The Bertz CT molecular complexity index is 897. The molecule has 7 nitrogen and oxygen atoms in total. The van der Waals surface area contributed by atoms with E-state index in [4.69, 9.17) is 11.6 Å². The van der Waals surface area contributed by atoms with Crippen LogP contribution < -0.4 is 5.32 Å². The Morgan fingerprint density at radius 3 is 2.92 bits per heavy atom. The average Bonchev–Trinajstić information content (AvgIpc) is 3.12. The molecule has 1 fully saturated rings. The van der Waals surface area contributed by atoms with E-state index in [0.29, 0.717) is 36.6 Å². The van der Waals surface area contributed by atoms with Crippen LogP contribution in [0.1, 0.15) is 19.8 Å². The van der Waals surface area contributed by atoms with Crippen molar-refractivity contribution in [3.05, 3.63) is 41.8 Å². The molecule has 0 saturated carbocycles. The Morgan fingerprint density at radius 1 is 1.42 bits per heavy atom. The molecule has 26 heavy (non-hydrogen) atoms. The highest BCUT2D eigenvalue weighted by Gasteiger charge is 2.34. The van der Waals surface area contributed by atoms with Gasteiger partial charge in [0.1, 0.15) is 0 Å². The number of rotatable bonds is 5. The maximum Gasteiger partial charge on any atom is 0.262 e. The lowest BCUT2D eigenvalue weighted by Gasteiger charge is -2.30. The summed E-state index contributed by atoms with van der Waals surface area (Å²) in [7, 11) is -3.70. The van der Waals surface area contributed by atoms with Crippen LogP contribution in [0, 0.1) is 5.92 Å². The number of aromatic nitrogens is 2. The highest BCUT2D eigenvalue weighted by molar-refractivity contribution is 7.89. The van der Waals surface area contributed by atoms with E-state index in [2.05, 4.69) is 10.3 Å². The molecule has 2 aromatic rings. The van der Waals surface area contributed by atoms with Crippen LogP contribution in [0.3, 0.4) is 0 Å². The smallest absolute Gasteiger partial charge is 0.262 e. The fourth-order valence-corrected chi connectivity index (χ4v) is 4.61. The second-order valence-corrected chi connectivity index (χ2v) is 8.57. The summed E-state index contributed by atoms with van der Waals surface area (Å²) >= 11 is 5.93. The van der Waals surface area contributed by atoms with Gasteiger partial charge in [0.05, 0.1) is 12.2 Å². The number of piperidine rings is 1. The third-order valence-electron chi connectivity index (χ3n) is 4.43. The minimum Gasteiger partial charge on any atom is -0.336 e. The Morgan fingerprint density at radius 2 is 2.23 bits per heavy atom. The number of sulfonamides is 1. The van der Waals surface area contributed by atoms with Crippen LogP contribution in [-0.2, 0) is 21.4 Å². The van der Waals surface area contributed by atoms with Gasteiger partial charge in [0.15, 0.2) is 5.03 Å². The second kappa shape index (κ2) is 7.77. The molecule has 1 atom stereocenters. The molecule has 1 aromatic heterocycles. The second-order valence-electron chi connectivity index (χ2n) is 6.24. The van der Waals surface area contributed by atoms with E-state index in [1.54, 1.807) is 28.8 Å². The van der Waals surface area contributed by atoms with Crippen molar-refractivity contribution in [3.8, 4) is 0 Å². The molecule has 140 valence electrons. The Balaban J connectivity index is 1.71. The highest BCUT2D eigenvalue weighted by Crippen LogP contribution is 2.24. The fourth-order valence-electron chi connectivity index (χ4n) is 2.96. The molecule has 0 bridgehead atoms. The van der Waals surface area contributed by atoms with Gasteiger partial charge < -0.3 is 9.88 Å². The lowest BCUT2D eigenvalue weighted by atomic mass is 9.99. The Labute approximate surface area is 158 Å². The van der Waals surface area contributed by atoms with Crippen LogP contribution in [0.25, 0.3) is 0 Å². The van der Waals surface area contributed by atoms with E-state index in [-0.39, 0.29) is 17.5 Å². The van der Waals surface area contributed by atoms with Crippen molar-refractivity contribution in [3.63, 3.8) is 0 Å². The first-order chi connectivity index (χ1) is 12.4. The summed E-state index contributed by atoms with van der Waals surface area (Å²) in [5.41, 5.74) is 0.601. The zero-order valence-electron chi connectivity index (χ0n) is 14.4. The minimum atomic E-state index is -3.70. The van der Waals surface area contributed by atoms with E-state index in [9.17, 15) is 13.2 Å². The molecule has 2 heterocycles. The minimum absolute atomic E-state index is 0.0234. The number of amides is 1. The molecule has 0 radical (unpaired) electrons. The van der Waals surface area contributed by atoms with Crippen molar-refractivity contribution in [2.45, 2.75) is 31.3 Å². The van der Waals surface area contributed by atoms with Crippen LogP contribution in [0.2, 0.25) is 5.02 Å². The van der Waals surface area contributed by atoms with Gasteiger partial charge in [-0.25, -0.2) is 13.4 Å². The number of aryl methyl sites for hydroxylation is 1. The number of carbonyl (C=O) groups excluding carboxylic acids is 1. The van der Waals surface area contributed by atoms with Crippen molar-refractivity contribution in [2.75, 3.05) is 18.4 Å². The summed E-state index contributed by atoms with van der Waals surface area (Å²) < 4.78 is 28.6. The average molecular weight is 397 g/mol. The van der Waals surface area contributed by atoms with Gasteiger partial charge in [-0.05, 0) is 38.0 Å². The first kappa shape index (κ1) is 18.9. The summed E-state index contributed by atoms with van der Waals surface area (Å²) in [5.74, 6) is -0.614. The third-order valence-corrected chi connectivity index (χ3v) is 6.41. The molecular formula is C17H21ClN4O3S. The first-order valence-electron chi connectivity index (χ1n) is 8.48. The highest BCUT2D eigenvalue weighted by atomic mass is 35.5.